The van der Waals surface area contributed by atoms with E-state index in [4.69, 9.17) is 27.9 Å². The molecule has 2 rings (SSSR count). The molecule has 0 spiro atoms. The standard InChI is InChI=1S/C15H16Cl2N2O2/c1-9(19-11(3)15(17)10(2)18-19)8-14(20)21-13-6-4-12(16)5-7-13/h4-7,9H,8H2,1-3H3. The predicted octanol–water partition coefficient (Wildman–Crippen LogP) is 4.36. The topological polar surface area (TPSA) is 44.1 Å². The van der Waals surface area contributed by atoms with Gasteiger partial charge in [-0.3, -0.25) is 9.48 Å². The Morgan fingerprint density at radius 3 is 2.43 bits per heavy atom. The lowest BCUT2D eigenvalue weighted by molar-refractivity contribution is -0.135. The average molecular weight is 327 g/mol. The van der Waals surface area contributed by atoms with Crippen LogP contribution in [-0.2, 0) is 4.79 Å². The quantitative estimate of drug-likeness (QED) is 0.619. The lowest BCUT2D eigenvalue weighted by Gasteiger charge is -2.13. The smallest absolute Gasteiger partial charge is 0.313 e. The van der Waals surface area contributed by atoms with Crippen LogP contribution in [0.5, 0.6) is 5.75 Å². The minimum absolute atomic E-state index is 0.129. The van der Waals surface area contributed by atoms with Gasteiger partial charge in [0.1, 0.15) is 5.75 Å². The van der Waals surface area contributed by atoms with E-state index in [1.54, 1.807) is 28.9 Å². The van der Waals surface area contributed by atoms with Gasteiger partial charge in [-0.2, -0.15) is 5.10 Å². The molecule has 4 nitrogen and oxygen atoms in total. The number of ether oxygens (including phenoxy) is 1. The fraction of sp³-hybridized carbons (Fsp3) is 0.333. The summed E-state index contributed by atoms with van der Waals surface area (Å²) in [5.74, 6) is 0.150. The summed E-state index contributed by atoms with van der Waals surface area (Å²) in [6, 6.07) is 6.54. The number of rotatable bonds is 4. The Hall–Kier alpha value is -1.52. The molecule has 0 radical (unpaired) electrons. The van der Waals surface area contributed by atoms with Crippen molar-refractivity contribution in [1.82, 2.24) is 9.78 Å². The summed E-state index contributed by atoms with van der Waals surface area (Å²) in [5, 5.41) is 5.57. The molecule has 2 aromatic rings. The monoisotopic (exact) mass is 326 g/mol. The van der Waals surface area contributed by atoms with Crippen LogP contribution in [0.3, 0.4) is 0 Å². The molecule has 21 heavy (non-hydrogen) atoms. The van der Waals surface area contributed by atoms with Crippen LogP contribution >= 0.6 is 23.2 Å². The third-order valence-electron chi connectivity index (χ3n) is 3.16. The summed E-state index contributed by atoms with van der Waals surface area (Å²) in [5.41, 5.74) is 1.60. The number of carbonyl (C=O) groups is 1. The van der Waals surface area contributed by atoms with E-state index < -0.39 is 0 Å². The van der Waals surface area contributed by atoms with E-state index in [1.807, 2.05) is 20.8 Å². The van der Waals surface area contributed by atoms with Gasteiger partial charge in [-0.05, 0) is 45.0 Å². The molecule has 0 aliphatic heterocycles. The zero-order chi connectivity index (χ0) is 15.6. The SMILES string of the molecule is Cc1nn(C(C)CC(=O)Oc2ccc(Cl)cc2)c(C)c1Cl. The zero-order valence-electron chi connectivity index (χ0n) is 12.1. The third kappa shape index (κ3) is 3.77. The van der Waals surface area contributed by atoms with Crippen molar-refractivity contribution in [2.24, 2.45) is 0 Å². The summed E-state index contributed by atoms with van der Waals surface area (Å²) >= 11 is 11.9. The van der Waals surface area contributed by atoms with Crippen molar-refractivity contribution in [3.05, 3.63) is 45.7 Å². The minimum Gasteiger partial charge on any atom is -0.426 e. The van der Waals surface area contributed by atoms with Gasteiger partial charge in [0.25, 0.3) is 0 Å². The van der Waals surface area contributed by atoms with Crippen molar-refractivity contribution >= 4 is 29.2 Å². The molecule has 1 atom stereocenters. The largest absolute Gasteiger partial charge is 0.426 e. The van der Waals surface area contributed by atoms with Crippen LogP contribution in [0.1, 0.15) is 30.8 Å². The van der Waals surface area contributed by atoms with E-state index in [0.717, 1.165) is 11.4 Å². The summed E-state index contributed by atoms with van der Waals surface area (Å²) in [4.78, 5) is 12.0. The second-order valence-corrected chi connectivity index (χ2v) is 5.72. The van der Waals surface area contributed by atoms with Crippen molar-refractivity contribution in [2.75, 3.05) is 0 Å². The van der Waals surface area contributed by atoms with E-state index >= 15 is 0 Å². The second-order valence-electron chi connectivity index (χ2n) is 4.91. The fourth-order valence-corrected chi connectivity index (χ4v) is 2.33. The van der Waals surface area contributed by atoms with E-state index in [9.17, 15) is 4.79 Å². The van der Waals surface area contributed by atoms with E-state index in [0.29, 0.717) is 15.8 Å². The number of benzene rings is 1. The number of hydrogen-bond acceptors (Lipinski definition) is 3. The van der Waals surface area contributed by atoms with E-state index in [-0.39, 0.29) is 18.4 Å². The van der Waals surface area contributed by atoms with E-state index in [2.05, 4.69) is 5.10 Å². The van der Waals surface area contributed by atoms with Crippen molar-refractivity contribution in [3.8, 4) is 5.75 Å². The van der Waals surface area contributed by atoms with Crippen LogP contribution in [0, 0.1) is 13.8 Å². The molecule has 0 bridgehead atoms. The van der Waals surface area contributed by atoms with Gasteiger partial charge < -0.3 is 4.74 Å². The predicted molar refractivity (Wildman–Crippen MR) is 83.1 cm³/mol. The summed E-state index contributed by atoms with van der Waals surface area (Å²) in [6.07, 6.45) is 0.209. The molecule has 1 aromatic carbocycles. The first-order chi connectivity index (χ1) is 9.88. The lowest BCUT2D eigenvalue weighted by Crippen LogP contribution is -2.17. The fourth-order valence-electron chi connectivity index (χ4n) is 2.08. The molecule has 0 aliphatic rings. The molecule has 1 heterocycles. The Morgan fingerprint density at radius 1 is 1.29 bits per heavy atom. The summed E-state index contributed by atoms with van der Waals surface area (Å²) < 4.78 is 7.02. The van der Waals surface area contributed by atoms with Gasteiger partial charge in [0.2, 0.25) is 0 Å². The van der Waals surface area contributed by atoms with Gasteiger partial charge in [0, 0.05) is 5.02 Å². The van der Waals surface area contributed by atoms with Crippen molar-refractivity contribution < 1.29 is 9.53 Å². The molecule has 0 saturated carbocycles. The van der Waals surface area contributed by atoms with Gasteiger partial charge in [-0.15, -0.1) is 0 Å². The number of esters is 1. The summed E-state index contributed by atoms with van der Waals surface area (Å²) in [6.45, 7) is 5.62. The number of aromatic nitrogens is 2. The van der Waals surface area contributed by atoms with Gasteiger partial charge >= 0.3 is 5.97 Å². The average Bonchev–Trinajstić information content (AvgIpc) is 2.69. The number of hydrogen-bond donors (Lipinski definition) is 0. The molecule has 0 amide bonds. The Labute approximate surface area is 133 Å². The minimum atomic E-state index is -0.325. The molecular weight excluding hydrogens is 311 g/mol. The molecular formula is C15H16Cl2N2O2. The number of halogens is 2. The summed E-state index contributed by atoms with van der Waals surface area (Å²) in [7, 11) is 0. The zero-order valence-corrected chi connectivity index (χ0v) is 13.6. The van der Waals surface area contributed by atoms with Crippen LogP contribution < -0.4 is 4.74 Å². The Morgan fingerprint density at radius 2 is 1.90 bits per heavy atom. The van der Waals surface area contributed by atoms with Crippen LogP contribution in [0.15, 0.2) is 24.3 Å². The van der Waals surface area contributed by atoms with Gasteiger partial charge in [-0.25, -0.2) is 0 Å². The highest BCUT2D eigenvalue weighted by atomic mass is 35.5. The highest BCUT2D eigenvalue weighted by Crippen LogP contribution is 2.24. The molecule has 0 aliphatic carbocycles. The van der Waals surface area contributed by atoms with Gasteiger partial charge in [-0.1, -0.05) is 23.2 Å². The maximum absolute atomic E-state index is 12.0. The first kappa shape index (κ1) is 15.9. The Kier molecular flexibility index (Phi) is 4.91. The number of carbonyl (C=O) groups excluding carboxylic acids is 1. The molecule has 1 aromatic heterocycles. The first-order valence-corrected chi connectivity index (χ1v) is 7.31. The molecule has 6 heteroatoms. The molecule has 112 valence electrons. The number of aryl methyl sites for hydroxylation is 1. The molecule has 0 fully saturated rings. The van der Waals surface area contributed by atoms with Crippen molar-refractivity contribution in [3.63, 3.8) is 0 Å². The second kappa shape index (κ2) is 6.50. The van der Waals surface area contributed by atoms with Gasteiger partial charge in [0.15, 0.2) is 0 Å². The van der Waals surface area contributed by atoms with E-state index in [1.165, 1.54) is 0 Å². The maximum Gasteiger partial charge on any atom is 0.313 e. The van der Waals surface area contributed by atoms with Crippen LogP contribution in [0.2, 0.25) is 10.0 Å². The normalized spacial score (nSPS) is 12.2. The maximum atomic E-state index is 12.0. The Balaban J connectivity index is 2.01. The third-order valence-corrected chi connectivity index (χ3v) is 3.96. The van der Waals surface area contributed by atoms with Crippen molar-refractivity contribution in [2.45, 2.75) is 33.2 Å². The lowest BCUT2D eigenvalue weighted by atomic mass is 10.2. The number of nitrogens with zero attached hydrogens (tertiary/aromatic N) is 2. The van der Waals surface area contributed by atoms with Crippen LogP contribution in [0.25, 0.3) is 0 Å². The van der Waals surface area contributed by atoms with Crippen molar-refractivity contribution in [1.29, 1.82) is 0 Å². The highest BCUT2D eigenvalue weighted by molar-refractivity contribution is 6.31. The van der Waals surface area contributed by atoms with Crippen LogP contribution in [-0.4, -0.2) is 15.7 Å². The molecule has 1 unspecified atom stereocenters. The molecule has 0 saturated heterocycles. The molecule has 0 N–H and O–H groups in total. The highest BCUT2D eigenvalue weighted by Gasteiger charge is 2.18. The van der Waals surface area contributed by atoms with Gasteiger partial charge in [0.05, 0.1) is 28.9 Å². The first-order valence-electron chi connectivity index (χ1n) is 6.56. The Bertz CT molecular complexity index is 650. The van der Waals surface area contributed by atoms with Crippen LogP contribution in [0.4, 0.5) is 0 Å².